The Hall–Kier alpha value is -0.0800. The third-order valence-corrected chi connectivity index (χ3v) is 7.10. The van der Waals surface area contributed by atoms with Crippen LogP contribution < -0.4 is 0 Å². The molecule has 3 atom stereocenters. The fourth-order valence-electron chi connectivity index (χ4n) is 6.20. The van der Waals surface area contributed by atoms with Crippen LogP contribution in [0, 0.1) is 35.0 Å². The zero-order chi connectivity index (χ0) is 13.9. The van der Waals surface area contributed by atoms with Gasteiger partial charge in [-0.05, 0) is 87.0 Å². The van der Waals surface area contributed by atoms with Crippen molar-refractivity contribution < 1.29 is 5.11 Å². The number of aliphatic hydroxyl groups is 1. The number of hydrogen-bond acceptors (Lipinski definition) is 2. The fourth-order valence-corrected chi connectivity index (χ4v) is 6.20. The summed E-state index contributed by atoms with van der Waals surface area (Å²) >= 11 is 0. The molecule has 0 saturated heterocycles. The molecule has 0 aromatic carbocycles. The van der Waals surface area contributed by atoms with Crippen LogP contribution >= 0.6 is 0 Å². The van der Waals surface area contributed by atoms with Crippen LogP contribution in [0.15, 0.2) is 0 Å². The van der Waals surface area contributed by atoms with Gasteiger partial charge in [0.25, 0.3) is 0 Å². The van der Waals surface area contributed by atoms with Gasteiger partial charge in [-0.15, -0.1) is 0 Å². The van der Waals surface area contributed by atoms with E-state index in [0.29, 0.717) is 5.41 Å². The van der Waals surface area contributed by atoms with Gasteiger partial charge in [-0.1, -0.05) is 6.92 Å². The summed E-state index contributed by atoms with van der Waals surface area (Å²) in [5.41, 5.74) is 0.304. The molecule has 0 spiro atoms. The summed E-state index contributed by atoms with van der Waals surface area (Å²) in [6.07, 6.45) is 9.73. The van der Waals surface area contributed by atoms with Gasteiger partial charge in [0.05, 0.1) is 6.10 Å². The van der Waals surface area contributed by atoms with Crippen molar-refractivity contribution in [2.24, 2.45) is 35.0 Å². The van der Waals surface area contributed by atoms with Crippen molar-refractivity contribution in [2.75, 3.05) is 20.1 Å². The molecule has 4 bridgehead atoms. The lowest BCUT2D eigenvalue weighted by Gasteiger charge is -2.58. The second-order valence-electron chi connectivity index (χ2n) is 8.99. The molecular formula is C18H31NO. The van der Waals surface area contributed by atoms with E-state index in [2.05, 4.69) is 18.9 Å². The van der Waals surface area contributed by atoms with Crippen molar-refractivity contribution in [1.82, 2.24) is 4.90 Å². The van der Waals surface area contributed by atoms with Crippen molar-refractivity contribution in [3.63, 3.8) is 0 Å². The SMILES string of the molecule is CC1CC1CN(C)CC(O)C12CC3CC(CC(C3)C1)C2. The van der Waals surface area contributed by atoms with Gasteiger partial charge >= 0.3 is 0 Å². The van der Waals surface area contributed by atoms with Gasteiger partial charge < -0.3 is 10.0 Å². The molecule has 2 heteroatoms. The third-order valence-electron chi connectivity index (χ3n) is 7.10. The molecule has 114 valence electrons. The lowest BCUT2D eigenvalue weighted by Crippen LogP contribution is -2.54. The highest BCUT2D eigenvalue weighted by Crippen LogP contribution is 2.61. The van der Waals surface area contributed by atoms with E-state index in [1.165, 1.54) is 51.5 Å². The van der Waals surface area contributed by atoms with Crippen molar-refractivity contribution in [1.29, 1.82) is 0 Å². The van der Waals surface area contributed by atoms with Crippen LogP contribution in [0.3, 0.4) is 0 Å². The standard InChI is InChI=1S/C18H31NO/c1-12-3-16(12)10-19(2)11-17(20)18-7-13-4-14(8-18)6-15(5-13)9-18/h12-17,20H,3-11H2,1-2H3. The van der Waals surface area contributed by atoms with Gasteiger partial charge in [0.2, 0.25) is 0 Å². The van der Waals surface area contributed by atoms with Crippen LogP contribution in [0.25, 0.3) is 0 Å². The first kappa shape index (κ1) is 13.6. The number of likely N-dealkylation sites (N-methyl/N-ethyl adjacent to an activating group) is 1. The molecule has 0 aromatic rings. The normalized spacial score (nSPS) is 50.7. The van der Waals surface area contributed by atoms with Gasteiger partial charge in [0.1, 0.15) is 0 Å². The topological polar surface area (TPSA) is 23.5 Å². The van der Waals surface area contributed by atoms with Crippen molar-refractivity contribution in [3.8, 4) is 0 Å². The Bertz CT molecular complexity index is 344. The maximum Gasteiger partial charge on any atom is 0.0723 e. The van der Waals surface area contributed by atoms with Crippen molar-refractivity contribution >= 4 is 0 Å². The molecule has 0 amide bonds. The Kier molecular flexibility index (Phi) is 3.20. The summed E-state index contributed by atoms with van der Waals surface area (Å²) in [5.74, 6) is 4.68. The first-order valence-corrected chi connectivity index (χ1v) is 8.91. The third kappa shape index (κ3) is 2.33. The summed E-state index contributed by atoms with van der Waals surface area (Å²) in [7, 11) is 2.22. The summed E-state index contributed by atoms with van der Waals surface area (Å²) < 4.78 is 0. The molecule has 0 aliphatic heterocycles. The van der Waals surface area contributed by atoms with Crippen LogP contribution in [0.4, 0.5) is 0 Å². The zero-order valence-electron chi connectivity index (χ0n) is 13.2. The van der Waals surface area contributed by atoms with E-state index in [9.17, 15) is 5.11 Å². The molecule has 0 radical (unpaired) electrons. The fraction of sp³-hybridized carbons (Fsp3) is 1.00. The second kappa shape index (κ2) is 4.71. The second-order valence-corrected chi connectivity index (χ2v) is 8.99. The Morgan fingerprint density at radius 3 is 2.00 bits per heavy atom. The monoisotopic (exact) mass is 277 g/mol. The quantitative estimate of drug-likeness (QED) is 0.834. The molecule has 5 aliphatic carbocycles. The Labute approximate surface area is 123 Å². The summed E-state index contributed by atoms with van der Waals surface area (Å²) in [6, 6.07) is 0. The Morgan fingerprint density at radius 2 is 1.55 bits per heavy atom. The Morgan fingerprint density at radius 1 is 1.05 bits per heavy atom. The van der Waals surface area contributed by atoms with Gasteiger partial charge in [0.15, 0.2) is 0 Å². The van der Waals surface area contributed by atoms with Gasteiger partial charge in [0, 0.05) is 13.1 Å². The van der Waals surface area contributed by atoms with Crippen LogP contribution in [0.2, 0.25) is 0 Å². The van der Waals surface area contributed by atoms with E-state index in [1.807, 2.05) is 0 Å². The number of aliphatic hydroxyl groups excluding tert-OH is 1. The minimum absolute atomic E-state index is 0.0741. The van der Waals surface area contributed by atoms with Crippen LogP contribution in [-0.2, 0) is 0 Å². The molecule has 20 heavy (non-hydrogen) atoms. The summed E-state index contributed by atoms with van der Waals surface area (Å²) in [5, 5.41) is 10.9. The van der Waals surface area contributed by atoms with E-state index in [4.69, 9.17) is 0 Å². The first-order valence-electron chi connectivity index (χ1n) is 8.91. The zero-order valence-corrected chi connectivity index (χ0v) is 13.2. The molecule has 5 rings (SSSR count). The van der Waals surface area contributed by atoms with Crippen LogP contribution in [-0.4, -0.2) is 36.2 Å². The molecule has 3 unspecified atom stereocenters. The molecule has 5 aliphatic rings. The maximum absolute atomic E-state index is 10.9. The minimum atomic E-state index is -0.0741. The minimum Gasteiger partial charge on any atom is -0.391 e. The molecule has 0 heterocycles. The smallest absolute Gasteiger partial charge is 0.0723 e. The Balaban J connectivity index is 1.39. The highest BCUT2D eigenvalue weighted by atomic mass is 16.3. The lowest BCUT2D eigenvalue weighted by atomic mass is 9.48. The largest absolute Gasteiger partial charge is 0.391 e. The molecular weight excluding hydrogens is 246 g/mol. The van der Waals surface area contributed by atoms with Crippen LogP contribution in [0.5, 0.6) is 0 Å². The molecule has 5 saturated carbocycles. The van der Waals surface area contributed by atoms with E-state index in [1.54, 1.807) is 0 Å². The van der Waals surface area contributed by atoms with Crippen molar-refractivity contribution in [2.45, 2.75) is 58.0 Å². The number of hydrogen-bond donors (Lipinski definition) is 1. The van der Waals surface area contributed by atoms with E-state index < -0.39 is 0 Å². The predicted molar refractivity (Wildman–Crippen MR) is 81.4 cm³/mol. The maximum atomic E-state index is 10.9. The molecule has 0 aromatic heterocycles. The van der Waals surface area contributed by atoms with E-state index >= 15 is 0 Å². The average molecular weight is 277 g/mol. The summed E-state index contributed by atoms with van der Waals surface area (Å²) in [4.78, 5) is 2.41. The lowest BCUT2D eigenvalue weighted by molar-refractivity contribution is -0.125. The molecule has 2 nitrogen and oxygen atoms in total. The van der Waals surface area contributed by atoms with Gasteiger partial charge in [-0.2, -0.15) is 0 Å². The highest BCUT2D eigenvalue weighted by Gasteiger charge is 2.54. The number of nitrogens with zero attached hydrogens (tertiary/aromatic N) is 1. The number of rotatable bonds is 5. The predicted octanol–water partition coefficient (Wildman–Crippen LogP) is 3.15. The van der Waals surface area contributed by atoms with Crippen molar-refractivity contribution in [3.05, 3.63) is 0 Å². The van der Waals surface area contributed by atoms with Gasteiger partial charge in [-0.25, -0.2) is 0 Å². The van der Waals surface area contributed by atoms with Gasteiger partial charge in [-0.3, -0.25) is 0 Å². The summed E-state index contributed by atoms with van der Waals surface area (Å²) in [6.45, 7) is 4.47. The molecule has 5 fully saturated rings. The average Bonchev–Trinajstić information content (AvgIpc) is 3.02. The first-order chi connectivity index (χ1) is 9.54. The van der Waals surface area contributed by atoms with E-state index in [0.717, 1.165) is 36.1 Å². The molecule has 1 N–H and O–H groups in total. The van der Waals surface area contributed by atoms with Crippen LogP contribution in [0.1, 0.15) is 51.9 Å². The van der Waals surface area contributed by atoms with E-state index in [-0.39, 0.29) is 6.10 Å². The highest BCUT2D eigenvalue weighted by molar-refractivity contribution is 5.04.